The number of rotatable bonds is 3. The molecule has 24 heavy (non-hydrogen) atoms. The summed E-state index contributed by atoms with van der Waals surface area (Å²) in [5.74, 6) is 0. The first kappa shape index (κ1) is 16.3. The Balaban J connectivity index is 1.92. The largest absolute Gasteiger partial charge is 0.311 e. The number of fused-ring (bicyclic) bond motifs is 3. The van der Waals surface area contributed by atoms with Gasteiger partial charge in [-0.3, -0.25) is 4.99 Å². The molecule has 1 N–H and O–H groups in total. The number of hydroxylamine groups is 2. The molecular formula is C21H30N2O. The van der Waals surface area contributed by atoms with Crippen molar-refractivity contribution in [3.05, 3.63) is 35.4 Å². The van der Waals surface area contributed by atoms with Gasteiger partial charge in [0.25, 0.3) is 0 Å². The second kappa shape index (κ2) is 5.40. The molecule has 0 saturated heterocycles. The summed E-state index contributed by atoms with van der Waals surface area (Å²) in [5, 5.41) is 13.3. The molecule has 1 unspecified atom stereocenters. The highest BCUT2D eigenvalue weighted by atomic mass is 16.5. The van der Waals surface area contributed by atoms with Crippen LogP contribution in [0.4, 0.5) is 0 Å². The van der Waals surface area contributed by atoms with Crippen molar-refractivity contribution in [2.75, 3.05) is 0 Å². The maximum absolute atomic E-state index is 11.6. The van der Waals surface area contributed by atoms with Crippen LogP contribution in [0.25, 0.3) is 0 Å². The Morgan fingerprint density at radius 1 is 1.12 bits per heavy atom. The standard InChI is InChI=1S/C21H30N2O/c1-4-5-15-21-18(16-11-7-8-12-17(16)19(21,2)3)22-20(23(21)24)13-9-6-10-14-20/h7-8,11-12,24H,4-6,9-10,13-15H2,1-3H3. The van der Waals surface area contributed by atoms with Crippen LogP contribution in [-0.4, -0.2) is 27.2 Å². The Bertz CT molecular complexity index is 672. The summed E-state index contributed by atoms with van der Waals surface area (Å²) in [6.07, 6.45) is 8.80. The molecule has 0 bridgehead atoms. The zero-order valence-electron chi connectivity index (χ0n) is 15.3. The van der Waals surface area contributed by atoms with Crippen LogP contribution in [0.15, 0.2) is 29.3 Å². The minimum absolute atomic E-state index is 0.132. The third kappa shape index (κ3) is 1.83. The number of aliphatic imine (C=N–C) groups is 1. The molecule has 1 aromatic rings. The highest BCUT2D eigenvalue weighted by Gasteiger charge is 2.67. The van der Waals surface area contributed by atoms with Crippen LogP contribution in [0.2, 0.25) is 0 Å². The fourth-order valence-electron chi connectivity index (χ4n) is 5.52. The zero-order chi connectivity index (χ0) is 17.0. The summed E-state index contributed by atoms with van der Waals surface area (Å²) in [4.78, 5) is 5.28. The molecule has 130 valence electrons. The molecule has 1 heterocycles. The number of nitrogens with zero attached hydrogens (tertiary/aromatic N) is 2. The van der Waals surface area contributed by atoms with Crippen LogP contribution in [0, 0.1) is 0 Å². The summed E-state index contributed by atoms with van der Waals surface area (Å²) in [7, 11) is 0. The van der Waals surface area contributed by atoms with E-state index in [0.29, 0.717) is 0 Å². The lowest BCUT2D eigenvalue weighted by Crippen LogP contribution is -2.62. The maximum atomic E-state index is 11.6. The second-order valence-electron chi connectivity index (χ2n) is 8.45. The van der Waals surface area contributed by atoms with E-state index in [-0.39, 0.29) is 16.6 Å². The summed E-state index contributed by atoms with van der Waals surface area (Å²) in [6.45, 7) is 6.83. The van der Waals surface area contributed by atoms with Gasteiger partial charge in [-0.05, 0) is 37.7 Å². The molecule has 1 atom stereocenters. The Kier molecular flexibility index (Phi) is 3.67. The van der Waals surface area contributed by atoms with Crippen LogP contribution in [-0.2, 0) is 5.41 Å². The quantitative estimate of drug-likeness (QED) is 0.842. The van der Waals surface area contributed by atoms with E-state index in [1.165, 1.54) is 30.4 Å². The lowest BCUT2D eigenvalue weighted by atomic mass is 9.68. The van der Waals surface area contributed by atoms with Crippen molar-refractivity contribution in [2.45, 2.75) is 88.8 Å². The normalized spacial score (nSPS) is 30.2. The lowest BCUT2D eigenvalue weighted by molar-refractivity contribution is -0.231. The number of hydrogen-bond donors (Lipinski definition) is 1. The highest BCUT2D eigenvalue weighted by Crippen LogP contribution is 2.58. The van der Waals surface area contributed by atoms with Gasteiger partial charge in [0.1, 0.15) is 5.66 Å². The molecule has 3 aliphatic rings. The first-order chi connectivity index (χ1) is 11.5. The van der Waals surface area contributed by atoms with Crippen LogP contribution in [0.5, 0.6) is 0 Å². The Hall–Kier alpha value is -1.19. The first-order valence-electron chi connectivity index (χ1n) is 9.69. The summed E-state index contributed by atoms with van der Waals surface area (Å²) in [6, 6.07) is 8.67. The molecule has 0 aromatic heterocycles. The first-order valence-corrected chi connectivity index (χ1v) is 9.69. The van der Waals surface area contributed by atoms with E-state index in [9.17, 15) is 5.21 Å². The summed E-state index contributed by atoms with van der Waals surface area (Å²) in [5.41, 5.74) is 2.87. The van der Waals surface area contributed by atoms with Crippen molar-refractivity contribution >= 4 is 5.71 Å². The molecule has 2 aliphatic carbocycles. The van der Waals surface area contributed by atoms with Crippen molar-refractivity contribution < 1.29 is 5.21 Å². The van der Waals surface area contributed by atoms with Crippen molar-refractivity contribution in [3.63, 3.8) is 0 Å². The van der Waals surface area contributed by atoms with Gasteiger partial charge in [0, 0.05) is 11.0 Å². The molecule has 1 spiro atoms. The van der Waals surface area contributed by atoms with Crippen LogP contribution in [0.3, 0.4) is 0 Å². The zero-order valence-corrected chi connectivity index (χ0v) is 15.3. The van der Waals surface area contributed by atoms with Crippen molar-refractivity contribution in [3.8, 4) is 0 Å². The molecule has 0 amide bonds. The smallest absolute Gasteiger partial charge is 0.136 e. The van der Waals surface area contributed by atoms with Gasteiger partial charge in [-0.1, -0.05) is 64.3 Å². The van der Waals surface area contributed by atoms with Gasteiger partial charge in [-0.15, -0.1) is 0 Å². The predicted octanol–water partition coefficient (Wildman–Crippen LogP) is 5.06. The van der Waals surface area contributed by atoms with Gasteiger partial charge in [-0.2, -0.15) is 5.06 Å². The van der Waals surface area contributed by atoms with Crippen LogP contribution in [0.1, 0.15) is 83.3 Å². The molecule has 1 saturated carbocycles. The molecular weight excluding hydrogens is 296 g/mol. The van der Waals surface area contributed by atoms with Crippen LogP contribution >= 0.6 is 0 Å². The van der Waals surface area contributed by atoms with Gasteiger partial charge >= 0.3 is 0 Å². The van der Waals surface area contributed by atoms with E-state index < -0.39 is 0 Å². The van der Waals surface area contributed by atoms with Crippen molar-refractivity contribution in [2.24, 2.45) is 4.99 Å². The molecule has 3 nitrogen and oxygen atoms in total. The van der Waals surface area contributed by atoms with Crippen molar-refractivity contribution in [1.82, 2.24) is 5.06 Å². The molecule has 0 radical (unpaired) electrons. The van der Waals surface area contributed by atoms with E-state index in [1.54, 1.807) is 5.06 Å². The maximum Gasteiger partial charge on any atom is 0.136 e. The molecule has 3 heteroatoms. The average molecular weight is 326 g/mol. The molecule has 1 aromatic carbocycles. The second-order valence-corrected chi connectivity index (χ2v) is 8.45. The van der Waals surface area contributed by atoms with Crippen LogP contribution < -0.4 is 0 Å². The van der Waals surface area contributed by atoms with Gasteiger partial charge in [0.15, 0.2) is 0 Å². The minimum Gasteiger partial charge on any atom is -0.311 e. The fraction of sp³-hybridized carbons (Fsp3) is 0.667. The topological polar surface area (TPSA) is 35.8 Å². The number of unbranched alkanes of at least 4 members (excludes halogenated alkanes) is 1. The number of benzene rings is 1. The van der Waals surface area contributed by atoms with E-state index in [0.717, 1.165) is 37.8 Å². The number of hydrogen-bond acceptors (Lipinski definition) is 3. The van der Waals surface area contributed by atoms with E-state index >= 15 is 0 Å². The Morgan fingerprint density at radius 2 is 1.83 bits per heavy atom. The Morgan fingerprint density at radius 3 is 2.54 bits per heavy atom. The SMILES string of the molecule is CCCCC12C(=NC3(CCCCC3)N1O)c1ccccc1C2(C)C. The monoisotopic (exact) mass is 326 g/mol. The van der Waals surface area contributed by atoms with Gasteiger partial charge < -0.3 is 5.21 Å². The Labute approximate surface area is 145 Å². The summed E-state index contributed by atoms with van der Waals surface area (Å²) < 4.78 is 0. The average Bonchev–Trinajstić information content (AvgIpc) is 2.94. The predicted molar refractivity (Wildman–Crippen MR) is 97.7 cm³/mol. The molecule has 4 rings (SSSR count). The third-order valence-electron chi connectivity index (χ3n) is 6.90. The van der Waals surface area contributed by atoms with Gasteiger partial charge in [0.2, 0.25) is 0 Å². The summed E-state index contributed by atoms with van der Waals surface area (Å²) >= 11 is 0. The van der Waals surface area contributed by atoms with E-state index in [1.807, 2.05) is 0 Å². The highest BCUT2D eigenvalue weighted by molar-refractivity contribution is 6.14. The van der Waals surface area contributed by atoms with Gasteiger partial charge in [0.05, 0.1) is 11.3 Å². The van der Waals surface area contributed by atoms with E-state index in [4.69, 9.17) is 4.99 Å². The molecule has 1 fully saturated rings. The molecule has 1 aliphatic heterocycles. The lowest BCUT2D eigenvalue weighted by Gasteiger charge is -2.49. The third-order valence-corrected chi connectivity index (χ3v) is 6.90. The minimum atomic E-state index is -0.383. The fourth-order valence-corrected chi connectivity index (χ4v) is 5.52. The van der Waals surface area contributed by atoms with Crippen molar-refractivity contribution in [1.29, 1.82) is 0 Å². The van der Waals surface area contributed by atoms with Gasteiger partial charge in [-0.25, -0.2) is 0 Å². The van der Waals surface area contributed by atoms with E-state index in [2.05, 4.69) is 45.0 Å².